The first kappa shape index (κ1) is 19.5. The van der Waals surface area contributed by atoms with Crippen LogP contribution in [0.3, 0.4) is 0 Å². The fourth-order valence-electron chi connectivity index (χ4n) is 2.77. The van der Waals surface area contributed by atoms with Gasteiger partial charge in [0.05, 0.1) is 17.6 Å². The summed E-state index contributed by atoms with van der Waals surface area (Å²) in [5.41, 5.74) is -0.380. The van der Waals surface area contributed by atoms with Crippen molar-refractivity contribution in [2.24, 2.45) is 0 Å². The lowest BCUT2D eigenvalue weighted by Gasteiger charge is -2.24. The topological polar surface area (TPSA) is 94.1 Å². The molecule has 0 aromatic heterocycles. The summed E-state index contributed by atoms with van der Waals surface area (Å²) in [5.74, 6) is 1.64. The predicted octanol–water partition coefficient (Wildman–Crippen LogP) is 1.74. The molecule has 1 aliphatic rings. The number of sulfonamides is 1. The summed E-state index contributed by atoms with van der Waals surface area (Å²) in [4.78, 5) is 0.0620. The summed E-state index contributed by atoms with van der Waals surface area (Å²) in [6, 6.07) is 11.7. The molecule has 3 rings (SSSR count). The molecule has 0 fully saturated rings. The third-order valence-electron chi connectivity index (χ3n) is 4.21. The minimum atomic E-state index is -3.80. The second-order valence-electron chi connectivity index (χ2n) is 6.65. The van der Waals surface area contributed by atoms with Crippen LogP contribution < -0.4 is 18.9 Å². The highest BCUT2D eigenvalue weighted by Gasteiger charge is 2.26. The Morgan fingerprint density at radius 2 is 1.78 bits per heavy atom. The van der Waals surface area contributed by atoms with Crippen LogP contribution in [0.2, 0.25) is 0 Å². The van der Waals surface area contributed by atoms with Crippen LogP contribution in [0.15, 0.2) is 47.4 Å². The Bertz CT molecular complexity index is 893. The van der Waals surface area contributed by atoms with E-state index in [1.54, 1.807) is 32.2 Å². The molecule has 1 atom stereocenters. The molecule has 0 saturated heterocycles. The molecule has 1 unspecified atom stereocenters. The monoisotopic (exact) mass is 393 g/mol. The lowest BCUT2D eigenvalue weighted by molar-refractivity contribution is 0.0657. The molecule has 8 heteroatoms. The van der Waals surface area contributed by atoms with Crippen molar-refractivity contribution >= 4 is 10.0 Å². The summed E-state index contributed by atoms with van der Waals surface area (Å²) < 4.78 is 43.5. The van der Waals surface area contributed by atoms with Gasteiger partial charge in [0.15, 0.2) is 11.5 Å². The maximum atomic E-state index is 12.6. The van der Waals surface area contributed by atoms with E-state index < -0.39 is 15.6 Å². The number of benzene rings is 2. The van der Waals surface area contributed by atoms with E-state index in [0.717, 1.165) is 11.3 Å². The van der Waals surface area contributed by atoms with Crippen molar-refractivity contribution in [1.82, 2.24) is 4.72 Å². The van der Waals surface area contributed by atoms with Crippen molar-refractivity contribution in [3.05, 3.63) is 48.0 Å². The largest absolute Gasteiger partial charge is 0.497 e. The molecule has 0 bridgehead atoms. The lowest BCUT2D eigenvalue weighted by Crippen LogP contribution is -2.42. The Morgan fingerprint density at radius 3 is 2.44 bits per heavy atom. The minimum absolute atomic E-state index is 0.0620. The first-order chi connectivity index (χ1) is 12.8. The summed E-state index contributed by atoms with van der Waals surface area (Å²) in [7, 11) is -2.21. The summed E-state index contributed by atoms with van der Waals surface area (Å²) >= 11 is 0. The number of hydrogen-bond acceptors (Lipinski definition) is 6. The van der Waals surface area contributed by atoms with E-state index in [9.17, 15) is 13.5 Å². The number of aliphatic hydroxyl groups is 1. The second kappa shape index (κ2) is 7.75. The van der Waals surface area contributed by atoms with E-state index in [1.165, 1.54) is 12.1 Å². The number of fused-ring (bicyclic) bond motifs is 1. The van der Waals surface area contributed by atoms with E-state index in [1.807, 2.05) is 12.1 Å². The van der Waals surface area contributed by atoms with Gasteiger partial charge in [0.1, 0.15) is 19.0 Å². The van der Waals surface area contributed by atoms with Gasteiger partial charge in [0.25, 0.3) is 0 Å². The van der Waals surface area contributed by atoms with Crippen molar-refractivity contribution < 1.29 is 27.7 Å². The Morgan fingerprint density at radius 1 is 1.11 bits per heavy atom. The molecule has 2 N–H and O–H groups in total. The third-order valence-corrected chi connectivity index (χ3v) is 5.61. The molecule has 7 nitrogen and oxygen atoms in total. The lowest BCUT2D eigenvalue weighted by atomic mass is 9.97. The maximum Gasteiger partial charge on any atom is 0.240 e. The van der Waals surface area contributed by atoms with Crippen molar-refractivity contribution in [3.8, 4) is 17.2 Å². The molecule has 0 amide bonds. The molecule has 146 valence electrons. The molecular formula is C19H23NO6S. The second-order valence-corrected chi connectivity index (χ2v) is 8.42. The van der Waals surface area contributed by atoms with Gasteiger partial charge in [-0.15, -0.1) is 0 Å². The average molecular weight is 393 g/mol. The highest BCUT2D eigenvalue weighted by Crippen LogP contribution is 2.32. The van der Waals surface area contributed by atoms with Gasteiger partial charge < -0.3 is 19.3 Å². The minimum Gasteiger partial charge on any atom is -0.497 e. The van der Waals surface area contributed by atoms with Gasteiger partial charge in [-0.1, -0.05) is 12.1 Å². The first-order valence-electron chi connectivity index (χ1n) is 8.54. The number of rotatable bonds is 7. The SMILES string of the molecule is COc1ccc(CC(C)(O)CNS(=O)(=O)c2ccc3c(c2)OCCO3)cc1. The van der Waals surface area contributed by atoms with Gasteiger partial charge in [-0.05, 0) is 36.8 Å². The Labute approximate surface area is 158 Å². The number of methoxy groups -OCH3 is 1. The molecule has 2 aromatic rings. The van der Waals surface area contributed by atoms with E-state index in [4.69, 9.17) is 14.2 Å². The normalized spacial score (nSPS) is 15.8. The van der Waals surface area contributed by atoms with Gasteiger partial charge in [0.2, 0.25) is 10.0 Å². The van der Waals surface area contributed by atoms with Gasteiger partial charge in [-0.25, -0.2) is 13.1 Å². The first-order valence-corrected chi connectivity index (χ1v) is 10.0. The Hall–Kier alpha value is -2.29. The van der Waals surface area contributed by atoms with Gasteiger partial charge in [-0.2, -0.15) is 0 Å². The van der Waals surface area contributed by atoms with Crippen molar-refractivity contribution in [1.29, 1.82) is 0 Å². The van der Waals surface area contributed by atoms with Crippen LogP contribution in [-0.4, -0.2) is 46.0 Å². The van der Waals surface area contributed by atoms with Crippen molar-refractivity contribution in [2.45, 2.75) is 23.8 Å². The van der Waals surface area contributed by atoms with Crippen LogP contribution in [0.25, 0.3) is 0 Å². The molecule has 0 radical (unpaired) electrons. The molecule has 1 heterocycles. The van der Waals surface area contributed by atoms with Gasteiger partial charge in [-0.3, -0.25) is 0 Å². The van der Waals surface area contributed by atoms with E-state index in [0.29, 0.717) is 31.1 Å². The number of hydrogen-bond donors (Lipinski definition) is 2. The highest BCUT2D eigenvalue weighted by atomic mass is 32.2. The quantitative estimate of drug-likeness (QED) is 0.744. The Balaban J connectivity index is 1.66. The van der Waals surface area contributed by atoms with Crippen LogP contribution in [-0.2, 0) is 16.4 Å². The van der Waals surface area contributed by atoms with Crippen molar-refractivity contribution in [3.63, 3.8) is 0 Å². The van der Waals surface area contributed by atoms with Crippen LogP contribution in [0.4, 0.5) is 0 Å². The zero-order chi connectivity index (χ0) is 19.5. The zero-order valence-electron chi connectivity index (χ0n) is 15.3. The summed E-state index contributed by atoms with van der Waals surface area (Å²) in [6.45, 7) is 2.27. The third kappa shape index (κ3) is 4.91. The standard InChI is InChI=1S/C19H23NO6S/c1-19(21,12-14-3-5-15(24-2)6-4-14)13-20-27(22,23)16-7-8-17-18(11-16)26-10-9-25-17/h3-8,11,20-21H,9-10,12-13H2,1-2H3. The maximum absolute atomic E-state index is 12.6. The highest BCUT2D eigenvalue weighted by molar-refractivity contribution is 7.89. The van der Waals surface area contributed by atoms with Crippen LogP contribution in [0, 0.1) is 0 Å². The van der Waals surface area contributed by atoms with Crippen LogP contribution >= 0.6 is 0 Å². The number of ether oxygens (including phenoxy) is 3. The van der Waals surface area contributed by atoms with Gasteiger partial charge in [0, 0.05) is 19.0 Å². The molecule has 1 aliphatic heterocycles. The average Bonchev–Trinajstić information content (AvgIpc) is 2.66. The van der Waals surface area contributed by atoms with Crippen LogP contribution in [0.1, 0.15) is 12.5 Å². The fourth-order valence-corrected chi connectivity index (χ4v) is 3.95. The Kier molecular flexibility index (Phi) is 5.59. The van der Waals surface area contributed by atoms with Gasteiger partial charge >= 0.3 is 0 Å². The fraction of sp³-hybridized carbons (Fsp3) is 0.368. The molecule has 2 aromatic carbocycles. The number of nitrogens with one attached hydrogen (secondary N) is 1. The molecule has 0 aliphatic carbocycles. The van der Waals surface area contributed by atoms with Crippen molar-refractivity contribution in [2.75, 3.05) is 26.9 Å². The summed E-state index contributed by atoms with van der Waals surface area (Å²) in [5, 5.41) is 10.6. The van der Waals surface area contributed by atoms with E-state index in [-0.39, 0.29) is 11.4 Å². The molecule has 27 heavy (non-hydrogen) atoms. The van der Waals surface area contributed by atoms with Crippen LogP contribution in [0.5, 0.6) is 17.2 Å². The molecule has 0 saturated carbocycles. The van der Waals surface area contributed by atoms with E-state index in [2.05, 4.69) is 4.72 Å². The predicted molar refractivity (Wildman–Crippen MR) is 99.9 cm³/mol. The molecular weight excluding hydrogens is 370 g/mol. The molecule has 0 spiro atoms. The smallest absolute Gasteiger partial charge is 0.240 e. The summed E-state index contributed by atoms with van der Waals surface area (Å²) in [6.07, 6.45) is 0.292. The van der Waals surface area contributed by atoms with E-state index >= 15 is 0 Å². The zero-order valence-corrected chi connectivity index (χ0v) is 16.1.